The van der Waals surface area contributed by atoms with Crippen LogP contribution in [0.2, 0.25) is 0 Å². The number of carboxylic acid groups (broad SMARTS) is 1. The Kier molecular flexibility index (Phi) is 4.78. The predicted octanol–water partition coefficient (Wildman–Crippen LogP) is 2.78. The normalized spacial score (nSPS) is 17.0. The third-order valence-corrected chi connectivity index (χ3v) is 4.04. The number of hydrogen-bond acceptors (Lipinski definition) is 2. The SMILES string of the molecule is CCc1ccc(/C=C/C(=O)NC2(C(=O)O)CCCC2)cc1. The fraction of sp³-hybridized carbons (Fsp3) is 0.412. The van der Waals surface area contributed by atoms with Gasteiger partial charge >= 0.3 is 5.97 Å². The van der Waals surface area contributed by atoms with Crippen molar-refractivity contribution < 1.29 is 14.7 Å². The van der Waals surface area contributed by atoms with Gasteiger partial charge in [-0.3, -0.25) is 4.79 Å². The summed E-state index contributed by atoms with van der Waals surface area (Å²) in [5, 5.41) is 12.0. The summed E-state index contributed by atoms with van der Waals surface area (Å²) < 4.78 is 0. The number of amides is 1. The van der Waals surface area contributed by atoms with Gasteiger partial charge in [-0.2, -0.15) is 0 Å². The van der Waals surface area contributed by atoms with E-state index in [-0.39, 0.29) is 5.91 Å². The first-order chi connectivity index (χ1) is 10.1. The molecule has 1 fully saturated rings. The Balaban J connectivity index is 2.00. The first-order valence-corrected chi connectivity index (χ1v) is 7.38. The monoisotopic (exact) mass is 287 g/mol. The van der Waals surface area contributed by atoms with Crippen molar-refractivity contribution in [2.24, 2.45) is 0 Å². The van der Waals surface area contributed by atoms with Crippen LogP contribution in [0.4, 0.5) is 0 Å². The minimum atomic E-state index is -1.08. The van der Waals surface area contributed by atoms with Crippen LogP contribution in [0.25, 0.3) is 6.08 Å². The van der Waals surface area contributed by atoms with Crippen molar-refractivity contribution in [3.63, 3.8) is 0 Å². The molecule has 1 aromatic carbocycles. The average Bonchev–Trinajstić information content (AvgIpc) is 2.95. The number of carbonyl (C=O) groups excluding carboxylic acids is 1. The Bertz CT molecular complexity index is 540. The highest BCUT2D eigenvalue weighted by Crippen LogP contribution is 2.29. The fourth-order valence-electron chi connectivity index (χ4n) is 2.68. The van der Waals surface area contributed by atoms with Gasteiger partial charge in [-0.05, 0) is 36.5 Å². The van der Waals surface area contributed by atoms with Crippen molar-refractivity contribution in [1.82, 2.24) is 5.32 Å². The maximum Gasteiger partial charge on any atom is 0.329 e. The van der Waals surface area contributed by atoms with Gasteiger partial charge in [0.1, 0.15) is 5.54 Å². The molecule has 4 nitrogen and oxygen atoms in total. The van der Waals surface area contributed by atoms with E-state index in [1.807, 2.05) is 24.3 Å². The second-order valence-electron chi connectivity index (χ2n) is 5.51. The number of nitrogens with one attached hydrogen (secondary N) is 1. The molecule has 1 amide bonds. The fourth-order valence-corrected chi connectivity index (χ4v) is 2.68. The van der Waals surface area contributed by atoms with Gasteiger partial charge in [0, 0.05) is 6.08 Å². The molecule has 0 radical (unpaired) electrons. The van der Waals surface area contributed by atoms with Crippen LogP contribution in [0.5, 0.6) is 0 Å². The molecule has 2 rings (SSSR count). The van der Waals surface area contributed by atoms with Gasteiger partial charge in [0.15, 0.2) is 0 Å². The van der Waals surface area contributed by atoms with Crippen molar-refractivity contribution in [3.8, 4) is 0 Å². The van der Waals surface area contributed by atoms with Gasteiger partial charge in [-0.1, -0.05) is 44.0 Å². The van der Waals surface area contributed by atoms with E-state index in [4.69, 9.17) is 0 Å². The van der Waals surface area contributed by atoms with E-state index in [9.17, 15) is 14.7 Å². The largest absolute Gasteiger partial charge is 0.480 e. The molecular weight excluding hydrogens is 266 g/mol. The Labute approximate surface area is 124 Å². The second kappa shape index (κ2) is 6.57. The Morgan fingerprint density at radius 3 is 2.38 bits per heavy atom. The molecule has 2 N–H and O–H groups in total. The number of carbonyl (C=O) groups is 2. The van der Waals surface area contributed by atoms with Crippen molar-refractivity contribution in [2.75, 3.05) is 0 Å². The van der Waals surface area contributed by atoms with E-state index >= 15 is 0 Å². The number of aryl methyl sites for hydroxylation is 1. The summed E-state index contributed by atoms with van der Waals surface area (Å²) in [7, 11) is 0. The van der Waals surface area contributed by atoms with Crippen molar-refractivity contribution in [1.29, 1.82) is 0 Å². The van der Waals surface area contributed by atoms with Crippen molar-refractivity contribution in [3.05, 3.63) is 41.5 Å². The lowest BCUT2D eigenvalue weighted by Gasteiger charge is -2.24. The third kappa shape index (κ3) is 3.72. The van der Waals surface area contributed by atoms with Gasteiger partial charge in [0.05, 0.1) is 0 Å². The van der Waals surface area contributed by atoms with Gasteiger partial charge < -0.3 is 10.4 Å². The van der Waals surface area contributed by atoms with Crippen LogP contribution < -0.4 is 5.32 Å². The molecule has 0 bridgehead atoms. The summed E-state index contributed by atoms with van der Waals surface area (Å²) in [4.78, 5) is 23.3. The Hall–Kier alpha value is -2.10. The molecule has 0 unspecified atom stereocenters. The van der Waals surface area contributed by atoms with E-state index in [1.54, 1.807) is 6.08 Å². The smallest absolute Gasteiger partial charge is 0.329 e. The number of carboxylic acids is 1. The van der Waals surface area contributed by atoms with Crippen LogP contribution in [-0.2, 0) is 16.0 Å². The zero-order valence-corrected chi connectivity index (χ0v) is 12.3. The highest BCUT2D eigenvalue weighted by atomic mass is 16.4. The highest BCUT2D eigenvalue weighted by molar-refractivity contribution is 5.95. The standard InChI is InChI=1S/C17H21NO3/c1-2-13-5-7-14(8-6-13)9-10-15(19)18-17(16(20)21)11-3-4-12-17/h5-10H,2-4,11-12H2,1H3,(H,18,19)(H,20,21)/b10-9+. The lowest BCUT2D eigenvalue weighted by atomic mass is 9.98. The van der Waals surface area contributed by atoms with Crippen LogP contribution in [0.3, 0.4) is 0 Å². The number of rotatable bonds is 5. The molecule has 0 heterocycles. The lowest BCUT2D eigenvalue weighted by molar-refractivity contribution is -0.146. The molecule has 0 atom stereocenters. The maximum absolute atomic E-state index is 11.9. The number of benzene rings is 1. The molecule has 1 saturated carbocycles. The van der Waals surface area contributed by atoms with Gasteiger partial charge in [-0.15, -0.1) is 0 Å². The van der Waals surface area contributed by atoms with Gasteiger partial charge in [0.25, 0.3) is 0 Å². The summed E-state index contributed by atoms with van der Waals surface area (Å²) >= 11 is 0. The average molecular weight is 287 g/mol. The first kappa shape index (κ1) is 15.3. The van der Waals surface area contributed by atoms with Gasteiger partial charge in [0.2, 0.25) is 5.91 Å². The Morgan fingerprint density at radius 2 is 1.86 bits per heavy atom. The summed E-state index contributed by atoms with van der Waals surface area (Å²) in [6.07, 6.45) is 6.79. The summed E-state index contributed by atoms with van der Waals surface area (Å²) in [5.41, 5.74) is 1.10. The molecule has 4 heteroatoms. The molecule has 1 aromatic rings. The summed E-state index contributed by atoms with van der Waals surface area (Å²) in [6, 6.07) is 7.94. The van der Waals surface area contributed by atoms with Crippen LogP contribution in [0.1, 0.15) is 43.7 Å². The maximum atomic E-state index is 11.9. The Morgan fingerprint density at radius 1 is 1.24 bits per heavy atom. The molecule has 0 saturated heterocycles. The van der Waals surface area contributed by atoms with E-state index in [1.165, 1.54) is 11.6 Å². The quantitative estimate of drug-likeness (QED) is 0.818. The van der Waals surface area contributed by atoms with Crippen LogP contribution in [0.15, 0.2) is 30.3 Å². The predicted molar refractivity (Wildman–Crippen MR) is 81.8 cm³/mol. The number of aliphatic carboxylic acids is 1. The topological polar surface area (TPSA) is 66.4 Å². The summed E-state index contributed by atoms with van der Waals surface area (Å²) in [6.45, 7) is 2.09. The molecule has 1 aliphatic carbocycles. The zero-order chi connectivity index (χ0) is 15.3. The number of hydrogen-bond donors (Lipinski definition) is 2. The molecule has 0 aromatic heterocycles. The molecule has 21 heavy (non-hydrogen) atoms. The minimum Gasteiger partial charge on any atom is -0.480 e. The zero-order valence-electron chi connectivity index (χ0n) is 12.3. The van der Waals surface area contributed by atoms with E-state index < -0.39 is 11.5 Å². The molecule has 0 spiro atoms. The van der Waals surface area contributed by atoms with E-state index in [2.05, 4.69) is 12.2 Å². The third-order valence-electron chi connectivity index (χ3n) is 4.04. The van der Waals surface area contributed by atoms with Crippen molar-refractivity contribution in [2.45, 2.75) is 44.6 Å². The van der Waals surface area contributed by atoms with Crippen molar-refractivity contribution >= 4 is 18.0 Å². The molecular formula is C17H21NO3. The molecule has 112 valence electrons. The minimum absolute atomic E-state index is 0.348. The lowest BCUT2D eigenvalue weighted by Crippen LogP contribution is -2.52. The summed E-state index contributed by atoms with van der Waals surface area (Å²) in [5.74, 6) is -1.28. The van der Waals surface area contributed by atoms with Crippen LogP contribution in [-0.4, -0.2) is 22.5 Å². The van der Waals surface area contributed by atoms with Crippen LogP contribution in [0, 0.1) is 0 Å². The first-order valence-electron chi connectivity index (χ1n) is 7.38. The van der Waals surface area contributed by atoms with E-state index in [0.29, 0.717) is 12.8 Å². The highest BCUT2D eigenvalue weighted by Gasteiger charge is 2.42. The molecule has 1 aliphatic rings. The van der Waals surface area contributed by atoms with Crippen LogP contribution >= 0.6 is 0 Å². The second-order valence-corrected chi connectivity index (χ2v) is 5.51. The molecule has 0 aliphatic heterocycles. The van der Waals surface area contributed by atoms with E-state index in [0.717, 1.165) is 24.8 Å². The van der Waals surface area contributed by atoms with Gasteiger partial charge in [-0.25, -0.2) is 4.79 Å².